The van der Waals surface area contributed by atoms with Crippen LogP contribution in [-0.2, 0) is 0 Å². The molecule has 122 valence electrons. The average molecular weight is 317 g/mol. The third-order valence-corrected chi connectivity index (χ3v) is 3.53. The minimum absolute atomic E-state index is 0.124. The highest BCUT2D eigenvalue weighted by molar-refractivity contribution is 5.94. The predicted molar refractivity (Wildman–Crippen MR) is 87.3 cm³/mol. The summed E-state index contributed by atoms with van der Waals surface area (Å²) in [7, 11) is 5.44. The van der Waals surface area contributed by atoms with Gasteiger partial charge in [0, 0.05) is 5.56 Å². The molecule has 0 heterocycles. The summed E-state index contributed by atoms with van der Waals surface area (Å²) in [5.41, 5.74) is 1.30. The number of rotatable bonds is 6. The van der Waals surface area contributed by atoms with Gasteiger partial charge >= 0.3 is 0 Å². The van der Waals surface area contributed by atoms with Crippen molar-refractivity contribution < 1.29 is 18.8 Å². The molecule has 1 atom stereocenters. The number of hydrogen-bond donors (Lipinski definition) is 2. The van der Waals surface area contributed by atoms with E-state index < -0.39 is 5.82 Å². The van der Waals surface area contributed by atoms with E-state index in [1.807, 2.05) is 44.4 Å². The molecule has 2 aromatic carbocycles. The van der Waals surface area contributed by atoms with Crippen LogP contribution < -0.4 is 15.0 Å². The predicted octanol–water partition coefficient (Wildman–Crippen LogP) is 1.45. The SMILES string of the molecule is COc1ccc(C(=O)N[C@H](C[NH+](C)C)c2ccccc2)cc1F. The van der Waals surface area contributed by atoms with Gasteiger partial charge in [-0.25, -0.2) is 4.39 Å². The molecule has 0 saturated heterocycles. The molecule has 0 unspecified atom stereocenters. The van der Waals surface area contributed by atoms with Gasteiger partial charge in [0.25, 0.3) is 5.91 Å². The van der Waals surface area contributed by atoms with E-state index in [0.717, 1.165) is 12.1 Å². The summed E-state index contributed by atoms with van der Waals surface area (Å²) in [5.74, 6) is -0.727. The first kappa shape index (κ1) is 17.0. The van der Waals surface area contributed by atoms with Gasteiger partial charge in [-0.1, -0.05) is 30.3 Å². The van der Waals surface area contributed by atoms with E-state index in [-0.39, 0.29) is 23.3 Å². The topological polar surface area (TPSA) is 42.8 Å². The van der Waals surface area contributed by atoms with Gasteiger partial charge < -0.3 is 15.0 Å². The zero-order chi connectivity index (χ0) is 16.8. The molecule has 0 saturated carbocycles. The van der Waals surface area contributed by atoms with Crippen LogP contribution in [-0.4, -0.2) is 33.7 Å². The third-order valence-electron chi connectivity index (χ3n) is 3.53. The molecule has 4 nitrogen and oxygen atoms in total. The highest BCUT2D eigenvalue weighted by Gasteiger charge is 2.19. The minimum atomic E-state index is -0.547. The number of carbonyl (C=O) groups is 1. The fourth-order valence-electron chi connectivity index (χ4n) is 2.40. The highest BCUT2D eigenvalue weighted by atomic mass is 19.1. The van der Waals surface area contributed by atoms with Crippen LogP contribution in [0.4, 0.5) is 4.39 Å². The first-order valence-electron chi connectivity index (χ1n) is 7.49. The summed E-state index contributed by atoms with van der Waals surface area (Å²) < 4.78 is 18.6. The Morgan fingerprint density at radius 3 is 2.48 bits per heavy atom. The van der Waals surface area contributed by atoms with E-state index in [1.165, 1.54) is 24.1 Å². The molecule has 0 radical (unpaired) electrons. The first-order valence-corrected chi connectivity index (χ1v) is 7.49. The van der Waals surface area contributed by atoms with E-state index in [0.29, 0.717) is 0 Å². The van der Waals surface area contributed by atoms with Crippen molar-refractivity contribution in [2.75, 3.05) is 27.7 Å². The first-order chi connectivity index (χ1) is 11.0. The van der Waals surface area contributed by atoms with Crippen LogP contribution in [0.15, 0.2) is 48.5 Å². The Labute approximate surface area is 135 Å². The number of hydrogen-bond acceptors (Lipinski definition) is 2. The van der Waals surface area contributed by atoms with Gasteiger partial charge in [0.1, 0.15) is 12.6 Å². The van der Waals surface area contributed by atoms with Gasteiger partial charge in [-0.3, -0.25) is 4.79 Å². The van der Waals surface area contributed by atoms with E-state index in [9.17, 15) is 9.18 Å². The smallest absolute Gasteiger partial charge is 0.252 e. The highest BCUT2D eigenvalue weighted by Crippen LogP contribution is 2.18. The van der Waals surface area contributed by atoms with Crippen molar-refractivity contribution in [1.29, 1.82) is 0 Å². The number of amides is 1. The van der Waals surface area contributed by atoms with Gasteiger partial charge in [-0.05, 0) is 23.8 Å². The third kappa shape index (κ3) is 4.53. The summed E-state index contributed by atoms with van der Waals surface area (Å²) in [5, 5.41) is 2.98. The van der Waals surface area contributed by atoms with Gasteiger partial charge in [0.2, 0.25) is 0 Å². The summed E-state index contributed by atoms with van der Waals surface area (Å²) in [4.78, 5) is 13.6. The van der Waals surface area contributed by atoms with E-state index in [1.54, 1.807) is 6.07 Å². The summed E-state index contributed by atoms with van der Waals surface area (Å²) in [6.45, 7) is 0.731. The Kier molecular flexibility index (Phi) is 5.71. The van der Waals surface area contributed by atoms with Crippen LogP contribution in [0, 0.1) is 5.82 Å². The Morgan fingerprint density at radius 1 is 1.22 bits per heavy atom. The largest absolute Gasteiger partial charge is 0.494 e. The molecule has 2 aromatic rings. The van der Waals surface area contributed by atoms with E-state index in [4.69, 9.17) is 4.74 Å². The van der Waals surface area contributed by atoms with Crippen LogP contribution in [0.5, 0.6) is 5.75 Å². The molecular weight excluding hydrogens is 295 g/mol. The number of nitrogens with one attached hydrogen (secondary N) is 2. The molecule has 2 rings (SSSR count). The van der Waals surface area contributed by atoms with E-state index in [2.05, 4.69) is 5.32 Å². The molecule has 5 heteroatoms. The number of likely N-dealkylation sites (N-methyl/N-ethyl adjacent to an activating group) is 1. The molecule has 2 N–H and O–H groups in total. The van der Waals surface area contributed by atoms with Crippen molar-refractivity contribution in [3.8, 4) is 5.75 Å². The Hall–Kier alpha value is -2.40. The van der Waals surface area contributed by atoms with Crippen LogP contribution in [0.3, 0.4) is 0 Å². The standard InChI is InChI=1S/C18H21FN2O2/c1-21(2)12-16(13-7-5-4-6-8-13)20-18(22)14-9-10-17(23-3)15(19)11-14/h4-11,16H,12H2,1-3H3,(H,20,22)/p+1/t16-/m1/s1. The minimum Gasteiger partial charge on any atom is -0.494 e. The number of methoxy groups -OCH3 is 1. The second-order valence-electron chi connectivity index (χ2n) is 5.70. The quantitative estimate of drug-likeness (QED) is 0.847. The van der Waals surface area contributed by atoms with Crippen LogP contribution in [0.25, 0.3) is 0 Å². The normalized spacial score (nSPS) is 12.0. The van der Waals surface area contributed by atoms with Gasteiger partial charge in [-0.2, -0.15) is 0 Å². The van der Waals surface area contributed by atoms with Gasteiger partial charge in [0.15, 0.2) is 11.6 Å². The molecule has 0 aliphatic carbocycles. The van der Waals surface area contributed by atoms with Gasteiger partial charge in [0.05, 0.1) is 21.2 Å². The summed E-state index contributed by atoms with van der Waals surface area (Å²) in [6, 6.07) is 13.8. The number of ether oxygens (including phenoxy) is 1. The molecule has 23 heavy (non-hydrogen) atoms. The van der Waals surface area contributed by atoms with Crippen LogP contribution in [0.2, 0.25) is 0 Å². The fraction of sp³-hybridized carbons (Fsp3) is 0.278. The second kappa shape index (κ2) is 7.74. The zero-order valence-electron chi connectivity index (χ0n) is 13.6. The van der Waals surface area contributed by atoms with Crippen LogP contribution in [0.1, 0.15) is 22.0 Å². The molecule has 0 aromatic heterocycles. The summed E-state index contributed by atoms with van der Waals surface area (Å²) in [6.07, 6.45) is 0. The lowest BCUT2D eigenvalue weighted by Crippen LogP contribution is -3.06. The van der Waals surface area contributed by atoms with Crippen molar-refractivity contribution in [2.45, 2.75) is 6.04 Å². The molecule has 0 spiro atoms. The summed E-state index contributed by atoms with van der Waals surface area (Å²) >= 11 is 0. The molecular formula is C18H22FN2O2+. The Morgan fingerprint density at radius 2 is 1.91 bits per heavy atom. The van der Waals surface area contributed by atoms with Crippen molar-refractivity contribution in [2.24, 2.45) is 0 Å². The van der Waals surface area contributed by atoms with E-state index >= 15 is 0 Å². The second-order valence-corrected chi connectivity index (χ2v) is 5.70. The maximum atomic E-state index is 13.8. The zero-order valence-corrected chi connectivity index (χ0v) is 13.6. The lowest BCUT2D eigenvalue weighted by Gasteiger charge is -2.21. The monoisotopic (exact) mass is 317 g/mol. The fourth-order valence-corrected chi connectivity index (χ4v) is 2.40. The van der Waals surface area contributed by atoms with Crippen molar-refractivity contribution in [1.82, 2.24) is 5.32 Å². The lowest BCUT2D eigenvalue weighted by molar-refractivity contribution is -0.860. The molecule has 0 aliphatic heterocycles. The number of quaternary nitrogens is 1. The lowest BCUT2D eigenvalue weighted by atomic mass is 10.1. The maximum Gasteiger partial charge on any atom is 0.252 e. The number of benzene rings is 2. The van der Waals surface area contributed by atoms with Crippen LogP contribution >= 0.6 is 0 Å². The van der Waals surface area contributed by atoms with Crippen molar-refractivity contribution in [3.05, 3.63) is 65.5 Å². The maximum absolute atomic E-state index is 13.8. The van der Waals surface area contributed by atoms with Crippen molar-refractivity contribution >= 4 is 5.91 Å². The van der Waals surface area contributed by atoms with Crippen molar-refractivity contribution in [3.63, 3.8) is 0 Å². The molecule has 0 fully saturated rings. The Balaban J connectivity index is 2.19. The number of halogens is 1. The molecule has 0 aliphatic rings. The Bertz CT molecular complexity index is 659. The molecule has 0 bridgehead atoms. The average Bonchev–Trinajstić information content (AvgIpc) is 2.54. The number of carbonyl (C=O) groups excluding carboxylic acids is 1. The van der Waals surface area contributed by atoms with Gasteiger partial charge in [-0.15, -0.1) is 0 Å². The molecule has 1 amide bonds.